The second kappa shape index (κ2) is 9.60. The summed E-state index contributed by atoms with van der Waals surface area (Å²) in [7, 11) is 0. The highest BCUT2D eigenvalue weighted by Crippen LogP contribution is 2.23. The van der Waals surface area contributed by atoms with E-state index in [4.69, 9.17) is 4.74 Å². The van der Waals surface area contributed by atoms with Crippen molar-refractivity contribution in [2.75, 3.05) is 46.1 Å². The largest absolute Gasteiger partial charge is 0.387 e. The zero-order valence-corrected chi connectivity index (χ0v) is 15.2. The molecule has 1 fully saturated rings. The first kappa shape index (κ1) is 19.5. The van der Waals surface area contributed by atoms with Crippen LogP contribution in [0.3, 0.4) is 0 Å². The van der Waals surface area contributed by atoms with Crippen LogP contribution in [-0.4, -0.2) is 62.0 Å². The van der Waals surface area contributed by atoms with E-state index in [1.165, 1.54) is 0 Å². The molecular formula is C21H25FN2O3. The summed E-state index contributed by atoms with van der Waals surface area (Å²) in [6.07, 6.45) is -0.546. The van der Waals surface area contributed by atoms with Crippen LogP contribution in [0.1, 0.15) is 22.0 Å². The van der Waals surface area contributed by atoms with Gasteiger partial charge >= 0.3 is 0 Å². The Hall–Kier alpha value is -2.28. The van der Waals surface area contributed by atoms with Crippen LogP contribution in [0.2, 0.25) is 0 Å². The van der Waals surface area contributed by atoms with Crippen molar-refractivity contribution in [3.05, 3.63) is 59.7 Å². The molecule has 144 valence electrons. The van der Waals surface area contributed by atoms with Crippen molar-refractivity contribution < 1.29 is 19.0 Å². The third kappa shape index (κ3) is 5.35. The molecule has 6 heteroatoms. The highest BCUT2D eigenvalue weighted by molar-refractivity contribution is 5.95. The number of hydrogen-bond acceptors (Lipinski definition) is 4. The van der Waals surface area contributed by atoms with Gasteiger partial charge in [-0.15, -0.1) is 0 Å². The molecule has 0 bridgehead atoms. The second-order valence-electron chi connectivity index (χ2n) is 6.58. The first-order valence-electron chi connectivity index (χ1n) is 9.20. The molecule has 3 rings (SSSR count). The standard InChI is InChI=1S/C21H25FN2O3/c22-8-9-23-21(26)19-3-1-2-18(14-19)16-4-6-17(7-5-16)20(25)15-24-10-12-27-13-11-24/h1-7,14,20,25H,8-13,15H2,(H,23,26)/t20-/m1/s1. The van der Waals surface area contributed by atoms with Gasteiger partial charge in [0.1, 0.15) is 6.67 Å². The lowest BCUT2D eigenvalue weighted by atomic mass is 10.00. The van der Waals surface area contributed by atoms with Gasteiger partial charge in [-0.2, -0.15) is 0 Å². The molecule has 0 radical (unpaired) electrons. The quantitative estimate of drug-likeness (QED) is 0.784. The third-order valence-electron chi connectivity index (χ3n) is 4.67. The zero-order valence-electron chi connectivity index (χ0n) is 15.2. The van der Waals surface area contributed by atoms with E-state index >= 15 is 0 Å². The molecule has 1 amide bonds. The predicted molar refractivity (Wildman–Crippen MR) is 102 cm³/mol. The van der Waals surface area contributed by atoms with Crippen molar-refractivity contribution in [1.82, 2.24) is 10.2 Å². The smallest absolute Gasteiger partial charge is 0.251 e. The number of β-amino-alcohol motifs (C(OH)–C–C–N with tert-alkyl or cyclic N) is 1. The first-order chi connectivity index (χ1) is 13.2. The number of amides is 1. The Labute approximate surface area is 158 Å². The third-order valence-corrected chi connectivity index (χ3v) is 4.67. The van der Waals surface area contributed by atoms with Gasteiger partial charge in [0, 0.05) is 31.7 Å². The Kier molecular flexibility index (Phi) is 6.92. The number of halogens is 1. The highest BCUT2D eigenvalue weighted by Gasteiger charge is 2.16. The Morgan fingerprint density at radius 1 is 1.15 bits per heavy atom. The lowest BCUT2D eigenvalue weighted by Gasteiger charge is -2.28. The van der Waals surface area contributed by atoms with Crippen molar-refractivity contribution in [2.24, 2.45) is 0 Å². The summed E-state index contributed by atoms with van der Waals surface area (Å²) in [5.41, 5.74) is 3.22. The molecule has 0 aliphatic carbocycles. The molecule has 0 spiro atoms. The van der Waals surface area contributed by atoms with Crippen molar-refractivity contribution >= 4 is 5.91 Å². The van der Waals surface area contributed by atoms with E-state index < -0.39 is 12.8 Å². The van der Waals surface area contributed by atoms with Crippen molar-refractivity contribution in [3.8, 4) is 11.1 Å². The zero-order chi connectivity index (χ0) is 19.1. The molecule has 1 atom stereocenters. The number of carbonyl (C=O) groups is 1. The Morgan fingerprint density at radius 2 is 1.89 bits per heavy atom. The molecule has 1 aliphatic rings. The summed E-state index contributed by atoms with van der Waals surface area (Å²) in [6, 6.07) is 14.9. The van der Waals surface area contributed by atoms with Crippen LogP contribution in [0.25, 0.3) is 11.1 Å². The normalized spacial score (nSPS) is 16.1. The topological polar surface area (TPSA) is 61.8 Å². The number of aliphatic hydroxyl groups is 1. The van der Waals surface area contributed by atoms with Gasteiger partial charge in [-0.1, -0.05) is 36.4 Å². The lowest BCUT2D eigenvalue weighted by Crippen LogP contribution is -2.38. The molecular weight excluding hydrogens is 347 g/mol. The fraction of sp³-hybridized carbons (Fsp3) is 0.381. The van der Waals surface area contributed by atoms with E-state index in [0.717, 1.165) is 29.8 Å². The number of nitrogens with zero attached hydrogens (tertiary/aromatic N) is 1. The number of hydrogen-bond donors (Lipinski definition) is 2. The van der Waals surface area contributed by atoms with Crippen LogP contribution in [0.5, 0.6) is 0 Å². The Morgan fingerprint density at radius 3 is 2.59 bits per heavy atom. The van der Waals surface area contributed by atoms with E-state index in [0.29, 0.717) is 25.3 Å². The number of nitrogens with one attached hydrogen (secondary N) is 1. The van der Waals surface area contributed by atoms with Gasteiger partial charge in [0.2, 0.25) is 0 Å². The van der Waals surface area contributed by atoms with E-state index in [1.54, 1.807) is 18.2 Å². The van der Waals surface area contributed by atoms with Gasteiger partial charge in [-0.3, -0.25) is 9.69 Å². The van der Waals surface area contributed by atoms with E-state index in [2.05, 4.69) is 10.2 Å². The van der Waals surface area contributed by atoms with Gasteiger partial charge in [0.15, 0.2) is 0 Å². The SMILES string of the molecule is O=C(NCCF)c1cccc(-c2ccc([C@H](O)CN3CCOCC3)cc2)c1. The Balaban J connectivity index is 1.66. The van der Waals surface area contributed by atoms with Crippen LogP contribution in [0.4, 0.5) is 4.39 Å². The maximum absolute atomic E-state index is 12.2. The van der Waals surface area contributed by atoms with Crippen molar-refractivity contribution in [2.45, 2.75) is 6.10 Å². The number of ether oxygens (including phenoxy) is 1. The molecule has 0 unspecified atom stereocenters. The average Bonchev–Trinajstić information content (AvgIpc) is 2.73. The fourth-order valence-electron chi connectivity index (χ4n) is 3.13. The van der Waals surface area contributed by atoms with Gasteiger partial charge in [0.05, 0.1) is 19.3 Å². The number of morpholine rings is 1. The van der Waals surface area contributed by atoms with E-state index in [1.807, 2.05) is 30.3 Å². The summed E-state index contributed by atoms with van der Waals surface area (Å²) < 4.78 is 17.5. The van der Waals surface area contributed by atoms with Crippen molar-refractivity contribution in [1.29, 1.82) is 0 Å². The number of benzene rings is 2. The van der Waals surface area contributed by atoms with Crippen LogP contribution in [-0.2, 0) is 4.74 Å². The van der Waals surface area contributed by atoms with Gasteiger partial charge < -0.3 is 15.2 Å². The van der Waals surface area contributed by atoms with Crippen LogP contribution in [0, 0.1) is 0 Å². The summed E-state index contributed by atoms with van der Waals surface area (Å²) in [4.78, 5) is 14.2. The fourth-order valence-corrected chi connectivity index (χ4v) is 3.13. The van der Waals surface area contributed by atoms with Crippen LogP contribution >= 0.6 is 0 Å². The molecule has 1 heterocycles. The molecule has 1 aliphatic heterocycles. The summed E-state index contributed by atoms with van der Waals surface area (Å²) in [6.45, 7) is 3.12. The minimum atomic E-state index is -0.584. The highest BCUT2D eigenvalue weighted by atomic mass is 19.1. The minimum absolute atomic E-state index is 0.0127. The molecule has 2 aromatic carbocycles. The number of rotatable bonds is 7. The predicted octanol–water partition coefficient (Wildman–Crippen LogP) is 2.42. The molecule has 27 heavy (non-hydrogen) atoms. The number of alkyl halides is 1. The number of carbonyl (C=O) groups excluding carboxylic acids is 1. The second-order valence-corrected chi connectivity index (χ2v) is 6.58. The minimum Gasteiger partial charge on any atom is -0.387 e. The van der Waals surface area contributed by atoms with E-state index in [-0.39, 0.29) is 12.5 Å². The van der Waals surface area contributed by atoms with Crippen LogP contribution in [0.15, 0.2) is 48.5 Å². The maximum atomic E-state index is 12.2. The summed E-state index contributed by atoms with van der Waals surface area (Å²) in [5.74, 6) is -0.285. The van der Waals surface area contributed by atoms with Gasteiger partial charge in [0.25, 0.3) is 5.91 Å². The summed E-state index contributed by atoms with van der Waals surface area (Å²) in [5, 5.41) is 13.0. The number of aliphatic hydroxyl groups excluding tert-OH is 1. The molecule has 0 saturated carbocycles. The first-order valence-corrected chi connectivity index (χ1v) is 9.20. The van der Waals surface area contributed by atoms with Gasteiger partial charge in [-0.25, -0.2) is 4.39 Å². The summed E-state index contributed by atoms with van der Waals surface area (Å²) >= 11 is 0. The molecule has 5 nitrogen and oxygen atoms in total. The van der Waals surface area contributed by atoms with E-state index in [9.17, 15) is 14.3 Å². The van der Waals surface area contributed by atoms with Crippen LogP contribution < -0.4 is 5.32 Å². The average molecular weight is 372 g/mol. The monoisotopic (exact) mass is 372 g/mol. The molecule has 0 aromatic heterocycles. The molecule has 2 N–H and O–H groups in total. The van der Waals surface area contributed by atoms with Gasteiger partial charge in [-0.05, 0) is 28.8 Å². The molecule has 2 aromatic rings. The lowest BCUT2D eigenvalue weighted by molar-refractivity contribution is 0.0143. The Bertz CT molecular complexity index is 745. The van der Waals surface area contributed by atoms with Crippen molar-refractivity contribution in [3.63, 3.8) is 0 Å². The maximum Gasteiger partial charge on any atom is 0.251 e. The molecule has 1 saturated heterocycles.